The first-order valence-corrected chi connectivity index (χ1v) is 33.4. The van der Waals surface area contributed by atoms with E-state index >= 15 is 9.59 Å². The van der Waals surface area contributed by atoms with Crippen LogP contribution in [0.25, 0.3) is 0 Å². The maximum atomic E-state index is 15.0. The third-order valence-electron chi connectivity index (χ3n) is 16.2. The summed E-state index contributed by atoms with van der Waals surface area (Å²) in [4.78, 5) is 140. The predicted molar refractivity (Wildman–Crippen MR) is 352 cm³/mol. The second kappa shape index (κ2) is 52.3. The van der Waals surface area contributed by atoms with E-state index in [1.165, 1.54) is 81.9 Å². The number of nitrogens with one attached hydrogen (secondary N) is 1. The van der Waals surface area contributed by atoms with Crippen LogP contribution in [0.4, 0.5) is 0 Å². The van der Waals surface area contributed by atoms with Gasteiger partial charge < -0.3 is 84.4 Å². The number of carbonyl (C=O) groups excluding carboxylic acids is 9. The molecule has 91 heavy (non-hydrogen) atoms. The highest BCUT2D eigenvalue weighted by Crippen LogP contribution is 2.17. The van der Waals surface area contributed by atoms with Crippen molar-refractivity contribution in [1.29, 1.82) is 0 Å². The van der Waals surface area contributed by atoms with E-state index in [0.717, 1.165) is 89.9 Å². The Morgan fingerprint density at radius 3 is 0.835 bits per heavy atom. The van der Waals surface area contributed by atoms with Gasteiger partial charge in [-0.3, -0.25) is 43.2 Å². The van der Waals surface area contributed by atoms with Gasteiger partial charge in [0.15, 0.2) is 0 Å². The molecule has 6 atom stereocenters. The maximum absolute atomic E-state index is 15.0. The molecule has 0 aliphatic heterocycles. The highest BCUT2D eigenvalue weighted by Gasteiger charge is 2.36. The van der Waals surface area contributed by atoms with Gasteiger partial charge in [0, 0.05) is 55.7 Å². The molecule has 0 bridgehead atoms. The lowest BCUT2D eigenvalue weighted by Crippen LogP contribution is -2.57. The monoisotopic (exact) mass is 1300 g/mol. The number of nitrogens with two attached hydrogens (primary N) is 2. The average Bonchev–Trinajstić information content (AvgIpc) is 3.09. The second-order valence-corrected chi connectivity index (χ2v) is 24.3. The summed E-state index contributed by atoms with van der Waals surface area (Å²) in [7, 11) is 8.85. The van der Waals surface area contributed by atoms with Crippen molar-refractivity contribution in [3.8, 4) is 0 Å². The molecule has 0 saturated carbocycles. The average molecular weight is 1300 g/mol. The van der Waals surface area contributed by atoms with Crippen molar-refractivity contribution in [3.63, 3.8) is 0 Å². The van der Waals surface area contributed by atoms with Crippen molar-refractivity contribution in [3.05, 3.63) is 0 Å². The van der Waals surface area contributed by atoms with Gasteiger partial charge in [0.2, 0.25) is 53.2 Å². The van der Waals surface area contributed by atoms with E-state index in [4.69, 9.17) is 39.9 Å². The van der Waals surface area contributed by atoms with Gasteiger partial charge in [-0.1, -0.05) is 104 Å². The largest absolute Gasteiger partial charge is 0.383 e. The van der Waals surface area contributed by atoms with E-state index in [1.54, 1.807) is 41.5 Å². The summed E-state index contributed by atoms with van der Waals surface area (Å²) in [6.45, 7) is 12.6. The van der Waals surface area contributed by atoms with E-state index in [9.17, 15) is 33.6 Å². The molecule has 0 radical (unpaired) electrons. The van der Waals surface area contributed by atoms with Gasteiger partial charge in [0.1, 0.15) is 32.7 Å². The molecule has 0 saturated heterocycles. The molecular formula is C65H125N11O15. The summed E-state index contributed by atoms with van der Waals surface area (Å²) in [5, 5.41) is 3.08. The van der Waals surface area contributed by atoms with Crippen LogP contribution in [0.3, 0.4) is 0 Å². The molecule has 0 aliphatic carbocycles. The maximum Gasteiger partial charge on any atom is 0.242 e. The zero-order chi connectivity index (χ0) is 68.7. The van der Waals surface area contributed by atoms with Crippen LogP contribution in [0.1, 0.15) is 165 Å². The highest BCUT2D eigenvalue weighted by molar-refractivity contribution is 5.94. The number of nitrogens with zero attached hydrogens (tertiary/aromatic N) is 8. The molecular weight excluding hydrogens is 1170 g/mol. The van der Waals surface area contributed by atoms with Crippen molar-refractivity contribution in [2.24, 2.45) is 11.5 Å². The number of rotatable bonds is 57. The van der Waals surface area contributed by atoms with E-state index in [1.807, 2.05) is 0 Å². The van der Waals surface area contributed by atoms with Gasteiger partial charge in [-0.15, -0.1) is 0 Å². The number of unbranched alkanes of at least 4 members (excludes halogenated alkanes) is 14. The first-order chi connectivity index (χ1) is 43.5. The minimum Gasteiger partial charge on any atom is -0.383 e. The van der Waals surface area contributed by atoms with Gasteiger partial charge in [0.05, 0.1) is 102 Å². The summed E-state index contributed by atoms with van der Waals surface area (Å²) >= 11 is 0. The minimum atomic E-state index is -0.748. The third-order valence-corrected chi connectivity index (χ3v) is 16.2. The Balaban J connectivity index is 7.49. The van der Waals surface area contributed by atoms with Crippen molar-refractivity contribution < 1.29 is 71.6 Å². The van der Waals surface area contributed by atoms with Crippen LogP contribution < -0.4 is 16.8 Å². The number of hydrogen-bond donors (Lipinski definition) is 3. The number of primary amides is 1. The van der Waals surface area contributed by atoms with E-state index in [-0.39, 0.29) is 71.7 Å². The molecule has 0 spiro atoms. The number of methoxy groups -OCH3 is 6. The predicted octanol–water partition coefficient (Wildman–Crippen LogP) is 3.53. The summed E-state index contributed by atoms with van der Waals surface area (Å²) in [5.74, 6) is -5.02. The van der Waals surface area contributed by atoms with Crippen molar-refractivity contribution in [2.75, 3.05) is 167 Å². The molecule has 0 aliphatic rings. The molecule has 0 aromatic carbocycles. The highest BCUT2D eigenvalue weighted by atomic mass is 16.5. The molecule has 26 heteroatoms. The molecule has 0 fully saturated rings. The van der Waals surface area contributed by atoms with E-state index in [2.05, 4.69) is 19.2 Å². The normalized spacial score (nSPS) is 13.3. The van der Waals surface area contributed by atoms with Crippen LogP contribution in [0, 0.1) is 0 Å². The summed E-state index contributed by atoms with van der Waals surface area (Å²) in [5.41, 5.74) is 11.2. The lowest BCUT2D eigenvalue weighted by Gasteiger charge is -2.37. The Kier molecular flexibility index (Phi) is 49.4. The van der Waals surface area contributed by atoms with Crippen LogP contribution in [0.15, 0.2) is 0 Å². The van der Waals surface area contributed by atoms with E-state index in [0.29, 0.717) is 32.4 Å². The fourth-order valence-corrected chi connectivity index (χ4v) is 10.8. The SMILES string of the molecule is CCCCCCCCCCN(CC(=O)N(CC(=O)N(CC(N)=O)[C@@H](C)COC)[C@@H](C)COC)C(=O)CN(C(=O)CN(C(=O)CN(CCCCCCCCCC)C(=O)CN(C(=O)CN(C(=O)CNCCCN)[C@@H](C)COC)[C@@H](C)COC)[C@@H](C)COC)[C@@H](C)COC. The van der Waals surface area contributed by atoms with Crippen LogP contribution >= 0.6 is 0 Å². The Hall–Kier alpha value is -5.09. The topological polar surface area (TPSA) is 299 Å². The summed E-state index contributed by atoms with van der Waals surface area (Å²) in [6, 6.07) is -3.78. The molecule has 0 aromatic rings. The number of hydrogen-bond acceptors (Lipinski definition) is 17. The Morgan fingerprint density at radius 1 is 0.330 bits per heavy atom. The standard InChI is InChI=1S/C65H125N11O15/c1-15-17-19-21-23-25-27-29-34-69(38-61(81)75(55(7)49-90-13)43-63(83)71(37-57(67)77)51(3)45-86-9)60(80)41-74(54(6)48-89-12)65(85)44-76(56(8)50-91-14)62(82)39-70(35-30-28-26-24-22-20-18-16-2)59(79)40-73(53(5)47-88-11)64(84)42-72(52(4)46-87-10)58(78)36-68-33-31-32-66/h51-56,68H,15-50,66H2,1-14H3,(H2,67,77)/t51-,52-,53-,54-,55-,56-/m0/s1. The van der Waals surface area contributed by atoms with Crippen molar-refractivity contribution in [2.45, 2.75) is 201 Å². The van der Waals surface area contributed by atoms with Gasteiger partial charge >= 0.3 is 0 Å². The second-order valence-electron chi connectivity index (χ2n) is 24.3. The van der Waals surface area contributed by atoms with Gasteiger partial charge in [-0.2, -0.15) is 0 Å². The number of amides is 9. The lowest BCUT2D eigenvalue weighted by atomic mass is 10.1. The third kappa shape index (κ3) is 36.2. The molecule has 26 nitrogen and oxygen atoms in total. The quantitative estimate of drug-likeness (QED) is 0.0734. The zero-order valence-corrected chi connectivity index (χ0v) is 58.8. The zero-order valence-electron chi connectivity index (χ0n) is 58.8. The van der Waals surface area contributed by atoms with Gasteiger partial charge in [-0.25, -0.2) is 0 Å². The van der Waals surface area contributed by atoms with Crippen LogP contribution in [0.5, 0.6) is 0 Å². The van der Waals surface area contributed by atoms with Gasteiger partial charge in [0.25, 0.3) is 0 Å². The molecule has 0 unspecified atom stereocenters. The summed E-state index contributed by atoms with van der Waals surface area (Å²) in [6.07, 6.45) is 16.1. The molecule has 0 aromatic heterocycles. The molecule has 0 heterocycles. The molecule has 9 amide bonds. The first-order valence-electron chi connectivity index (χ1n) is 33.4. The van der Waals surface area contributed by atoms with Crippen molar-refractivity contribution in [1.82, 2.24) is 44.5 Å². The molecule has 530 valence electrons. The van der Waals surface area contributed by atoms with Crippen LogP contribution in [-0.4, -0.2) is 296 Å². The smallest absolute Gasteiger partial charge is 0.242 e. The van der Waals surface area contributed by atoms with Crippen LogP contribution in [0.2, 0.25) is 0 Å². The Morgan fingerprint density at radius 2 is 0.571 bits per heavy atom. The molecule has 0 rings (SSSR count). The van der Waals surface area contributed by atoms with Gasteiger partial charge in [-0.05, 0) is 73.9 Å². The van der Waals surface area contributed by atoms with Crippen molar-refractivity contribution >= 4 is 53.2 Å². The number of carbonyl (C=O) groups is 9. The molecule has 5 N–H and O–H groups in total. The fourth-order valence-electron chi connectivity index (χ4n) is 10.8. The minimum absolute atomic E-state index is 0.00572. The first kappa shape index (κ1) is 85.9. The van der Waals surface area contributed by atoms with Crippen LogP contribution in [-0.2, 0) is 71.6 Å². The fraction of sp³-hybridized carbons (Fsp3) is 0.862. The number of ether oxygens (including phenoxy) is 6. The summed E-state index contributed by atoms with van der Waals surface area (Å²) < 4.78 is 32.7. The lowest BCUT2D eigenvalue weighted by molar-refractivity contribution is -0.152. The van der Waals surface area contributed by atoms with E-state index < -0.39 is 129 Å². The Labute approximate surface area is 547 Å². The Bertz CT molecular complexity index is 2050.